The second kappa shape index (κ2) is 8.02. The van der Waals surface area contributed by atoms with Gasteiger partial charge in [-0.25, -0.2) is 4.98 Å². The van der Waals surface area contributed by atoms with Crippen LogP contribution >= 0.6 is 0 Å². The maximum absolute atomic E-state index is 12.3. The van der Waals surface area contributed by atoms with Gasteiger partial charge in [0, 0.05) is 31.5 Å². The molecule has 2 N–H and O–H groups in total. The van der Waals surface area contributed by atoms with E-state index in [-0.39, 0.29) is 18.1 Å². The number of benzene rings is 1. The van der Waals surface area contributed by atoms with E-state index in [9.17, 15) is 14.9 Å². The Balaban J connectivity index is 1.39. The summed E-state index contributed by atoms with van der Waals surface area (Å²) in [6.07, 6.45) is 7.71. The normalized spacial score (nSPS) is 14.9. The van der Waals surface area contributed by atoms with E-state index >= 15 is 0 Å². The molecule has 152 valence electrons. The molecule has 0 spiro atoms. The first-order chi connectivity index (χ1) is 14.0. The number of aromatic nitrogens is 4. The molecule has 1 amide bonds. The van der Waals surface area contributed by atoms with Gasteiger partial charge in [0.15, 0.2) is 0 Å². The quantitative estimate of drug-likeness (QED) is 0.481. The first-order valence-corrected chi connectivity index (χ1v) is 9.97. The van der Waals surface area contributed by atoms with Gasteiger partial charge in [0.1, 0.15) is 12.0 Å². The van der Waals surface area contributed by atoms with Gasteiger partial charge in [0.25, 0.3) is 0 Å². The van der Waals surface area contributed by atoms with Gasteiger partial charge in [-0.15, -0.1) is 0 Å². The van der Waals surface area contributed by atoms with Crippen LogP contribution in [0.25, 0.3) is 11.0 Å². The molecule has 1 aliphatic rings. The topological polar surface area (TPSA) is 119 Å². The number of rotatable bonds is 6. The summed E-state index contributed by atoms with van der Waals surface area (Å²) in [5, 5.41) is 13.7. The van der Waals surface area contributed by atoms with E-state index in [1.54, 1.807) is 11.5 Å². The molecule has 0 atom stereocenters. The van der Waals surface area contributed by atoms with Gasteiger partial charge in [0.2, 0.25) is 11.7 Å². The number of fused-ring (bicyclic) bond motifs is 1. The highest BCUT2D eigenvalue weighted by Crippen LogP contribution is 2.32. The van der Waals surface area contributed by atoms with Gasteiger partial charge >= 0.3 is 5.82 Å². The molecule has 29 heavy (non-hydrogen) atoms. The molecular formula is C20H24N6O3. The summed E-state index contributed by atoms with van der Waals surface area (Å²) in [4.78, 5) is 34.6. The van der Waals surface area contributed by atoms with Crippen molar-refractivity contribution < 1.29 is 9.72 Å². The fraction of sp³-hybridized carbons (Fsp3) is 0.450. The average Bonchev–Trinajstić information content (AvgIpc) is 3.30. The summed E-state index contributed by atoms with van der Waals surface area (Å²) >= 11 is 0. The molecule has 9 nitrogen and oxygen atoms in total. The number of hydrogen-bond acceptors (Lipinski definition) is 5. The molecule has 3 aromatic rings. The third kappa shape index (κ3) is 4.28. The molecule has 4 rings (SSSR count). The van der Waals surface area contributed by atoms with Gasteiger partial charge in [-0.2, -0.15) is 0 Å². The van der Waals surface area contributed by atoms with Crippen LogP contribution in [-0.4, -0.2) is 30.3 Å². The smallest absolute Gasteiger partial charge is 0.358 e. The Labute approximate surface area is 167 Å². The molecule has 1 fully saturated rings. The Morgan fingerprint density at radius 1 is 1.31 bits per heavy atom. The van der Waals surface area contributed by atoms with Crippen molar-refractivity contribution in [3.8, 4) is 0 Å². The van der Waals surface area contributed by atoms with Crippen LogP contribution in [0, 0.1) is 17.0 Å². The van der Waals surface area contributed by atoms with Crippen LogP contribution in [0.1, 0.15) is 56.1 Å². The Morgan fingerprint density at radius 3 is 2.83 bits per heavy atom. The highest BCUT2D eigenvalue weighted by Gasteiger charge is 2.19. The molecular weight excluding hydrogens is 372 g/mol. The molecule has 0 unspecified atom stereocenters. The number of aromatic amines is 1. The van der Waals surface area contributed by atoms with Crippen molar-refractivity contribution in [3.63, 3.8) is 0 Å². The van der Waals surface area contributed by atoms with E-state index < -0.39 is 4.92 Å². The summed E-state index contributed by atoms with van der Waals surface area (Å²) in [6, 6.07) is 5.66. The lowest BCUT2D eigenvalue weighted by Gasteiger charge is -2.18. The highest BCUT2D eigenvalue weighted by molar-refractivity contribution is 5.93. The van der Waals surface area contributed by atoms with Crippen molar-refractivity contribution in [2.75, 3.05) is 5.32 Å². The van der Waals surface area contributed by atoms with Crippen LogP contribution < -0.4 is 5.32 Å². The van der Waals surface area contributed by atoms with Crippen LogP contribution in [0.3, 0.4) is 0 Å². The van der Waals surface area contributed by atoms with E-state index in [2.05, 4.69) is 15.3 Å². The molecule has 0 bridgehead atoms. The lowest BCUT2D eigenvalue weighted by Crippen LogP contribution is -2.14. The summed E-state index contributed by atoms with van der Waals surface area (Å²) in [5.41, 5.74) is 2.53. The number of carbonyl (C=O) groups is 1. The molecule has 1 aliphatic carbocycles. The number of anilines is 1. The number of nitrogens with zero attached hydrogens (tertiary/aromatic N) is 4. The Hall–Kier alpha value is -3.23. The highest BCUT2D eigenvalue weighted by atomic mass is 16.6. The predicted molar refractivity (Wildman–Crippen MR) is 109 cm³/mol. The fourth-order valence-corrected chi connectivity index (χ4v) is 3.93. The van der Waals surface area contributed by atoms with E-state index in [4.69, 9.17) is 4.98 Å². The maximum Gasteiger partial charge on any atom is 0.381 e. The molecule has 0 saturated heterocycles. The molecule has 9 heteroatoms. The maximum atomic E-state index is 12.3. The molecule has 0 aliphatic heterocycles. The lowest BCUT2D eigenvalue weighted by molar-refractivity contribution is -0.389. The Morgan fingerprint density at radius 2 is 2.10 bits per heavy atom. The van der Waals surface area contributed by atoms with Gasteiger partial charge in [-0.1, -0.05) is 19.3 Å². The average molecular weight is 396 g/mol. The van der Waals surface area contributed by atoms with Crippen molar-refractivity contribution in [2.24, 2.45) is 0 Å². The number of H-pyrrole nitrogens is 1. The zero-order valence-corrected chi connectivity index (χ0v) is 16.4. The van der Waals surface area contributed by atoms with Crippen LogP contribution in [0.4, 0.5) is 11.5 Å². The first-order valence-electron chi connectivity index (χ1n) is 9.97. The SMILES string of the molecule is Cc1nc([N+](=O)[O-])cn1CCC(=O)Nc1ccc2nc(C3CCCCC3)[nH]c2c1. The van der Waals surface area contributed by atoms with Crippen LogP contribution in [0.15, 0.2) is 24.4 Å². The third-order valence-corrected chi connectivity index (χ3v) is 5.51. The van der Waals surface area contributed by atoms with E-state index in [0.717, 1.165) is 16.9 Å². The van der Waals surface area contributed by atoms with Gasteiger partial charge in [-0.3, -0.25) is 4.79 Å². The minimum Gasteiger partial charge on any atom is -0.358 e. The Bertz CT molecular complexity index is 1050. The van der Waals surface area contributed by atoms with Gasteiger partial charge in [0.05, 0.1) is 11.0 Å². The number of carbonyl (C=O) groups excluding carboxylic acids is 1. The zero-order chi connectivity index (χ0) is 20.4. The van der Waals surface area contributed by atoms with Gasteiger partial charge in [-0.05, 0) is 40.9 Å². The molecule has 0 radical (unpaired) electrons. The number of imidazole rings is 2. The van der Waals surface area contributed by atoms with Gasteiger partial charge < -0.3 is 25.0 Å². The molecule has 2 heterocycles. The number of nitro groups is 1. The number of nitrogens with one attached hydrogen (secondary N) is 2. The van der Waals surface area contributed by atoms with E-state index in [1.165, 1.54) is 38.3 Å². The van der Waals surface area contributed by atoms with E-state index in [1.807, 2.05) is 18.2 Å². The minimum atomic E-state index is -0.537. The van der Waals surface area contributed by atoms with Crippen molar-refractivity contribution in [1.29, 1.82) is 0 Å². The van der Waals surface area contributed by atoms with Crippen molar-refractivity contribution in [2.45, 2.75) is 57.9 Å². The monoisotopic (exact) mass is 396 g/mol. The lowest BCUT2D eigenvalue weighted by atomic mass is 9.89. The molecule has 2 aromatic heterocycles. The van der Waals surface area contributed by atoms with Crippen molar-refractivity contribution in [1.82, 2.24) is 19.5 Å². The van der Waals surface area contributed by atoms with E-state index in [0.29, 0.717) is 24.0 Å². The minimum absolute atomic E-state index is 0.160. The summed E-state index contributed by atoms with van der Waals surface area (Å²) < 4.78 is 1.62. The summed E-state index contributed by atoms with van der Waals surface area (Å²) in [7, 11) is 0. The summed E-state index contributed by atoms with van der Waals surface area (Å²) in [6.45, 7) is 2.01. The number of hydrogen-bond donors (Lipinski definition) is 2. The first kappa shape index (κ1) is 19.1. The van der Waals surface area contributed by atoms with Crippen LogP contribution in [0.5, 0.6) is 0 Å². The van der Waals surface area contributed by atoms with Crippen LogP contribution in [0.2, 0.25) is 0 Å². The summed E-state index contributed by atoms with van der Waals surface area (Å²) in [5.74, 6) is 1.68. The fourth-order valence-electron chi connectivity index (χ4n) is 3.93. The zero-order valence-electron chi connectivity index (χ0n) is 16.4. The Kier molecular flexibility index (Phi) is 5.28. The predicted octanol–water partition coefficient (Wildman–Crippen LogP) is 4.05. The second-order valence-electron chi connectivity index (χ2n) is 7.58. The van der Waals surface area contributed by atoms with Crippen LogP contribution in [-0.2, 0) is 11.3 Å². The standard InChI is InChI=1S/C20H24N6O3/c1-13-21-18(26(28)29)12-25(13)10-9-19(27)22-15-7-8-16-17(11-15)24-20(23-16)14-5-3-2-4-6-14/h7-8,11-12,14H,2-6,9-10H2,1H3,(H,22,27)(H,23,24). The number of amides is 1. The third-order valence-electron chi connectivity index (χ3n) is 5.51. The van der Waals surface area contributed by atoms with Crippen molar-refractivity contribution >= 4 is 28.4 Å². The largest absolute Gasteiger partial charge is 0.381 e. The molecule has 1 saturated carbocycles. The number of aryl methyl sites for hydroxylation is 2. The molecule has 1 aromatic carbocycles. The second-order valence-corrected chi connectivity index (χ2v) is 7.58. The van der Waals surface area contributed by atoms with Crippen molar-refractivity contribution in [3.05, 3.63) is 46.2 Å².